The van der Waals surface area contributed by atoms with Crippen molar-refractivity contribution in [2.24, 2.45) is 0 Å². The van der Waals surface area contributed by atoms with Gasteiger partial charge in [-0.25, -0.2) is 9.78 Å². The van der Waals surface area contributed by atoms with Crippen molar-refractivity contribution in [2.45, 2.75) is 46.6 Å². The highest BCUT2D eigenvalue weighted by atomic mass is 32.1. The van der Waals surface area contributed by atoms with E-state index in [1.54, 1.807) is 6.92 Å². The number of esters is 1. The van der Waals surface area contributed by atoms with Gasteiger partial charge in [0.15, 0.2) is 5.13 Å². The third kappa shape index (κ3) is 4.00. The Labute approximate surface area is 106 Å². The lowest BCUT2D eigenvalue weighted by molar-refractivity contribution is 0.0531. The van der Waals surface area contributed by atoms with Gasteiger partial charge < -0.3 is 10.1 Å². The van der Waals surface area contributed by atoms with Crippen LogP contribution in [-0.2, 0) is 4.74 Å². The molecular formula is C12H20N2O2S. The summed E-state index contributed by atoms with van der Waals surface area (Å²) in [6, 6.07) is 0.376. The number of hydrogen-bond acceptors (Lipinski definition) is 5. The zero-order valence-electron chi connectivity index (χ0n) is 10.9. The summed E-state index contributed by atoms with van der Waals surface area (Å²) in [6.45, 7) is 8.29. The second-order valence-electron chi connectivity index (χ2n) is 3.99. The molecule has 1 aromatic rings. The average molecular weight is 256 g/mol. The SMILES string of the molecule is CCC[C@H](C)Nc1nc(C)c(C(=O)OCC)s1. The molecule has 0 spiro atoms. The van der Waals surface area contributed by atoms with Crippen LogP contribution in [-0.4, -0.2) is 23.6 Å². The fourth-order valence-electron chi connectivity index (χ4n) is 1.56. The molecule has 0 aliphatic carbocycles. The summed E-state index contributed by atoms with van der Waals surface area (Å²) >= 11 is 1.36. The van der Waals surface area contributed by atoms with Gasteiger partial charge in [-0.1, -0.05) is 24.7 Å². The zero-order valence-corrected chi connectivity index (χ0v) is 11.7. The second kappa shape index (κ2) is 6.59. The molecule has 1 atom stereocenters. The van der Waals surface area contributed by atoms with Gasteiger partial charge in [0.2, 0.25) is 0 Å². The van der Waals surface area contributed by atoms with Crippen molar-refractivity contribution in [3.05, 3.63) is 10.6 Å². The van der Waals surface area contributed by atoms with Gasteiger partial charge in [-0.15, -0.1) is 0 Å². The minimum absolute atomic E-state index is 0.279. The molecule has 1 rings (SSSR count). The second-order valence-corrected chi connectivity index (χ2v) is 4.99. The molecule has 0 fully saturated rings. The van der Waals surface area contributed by atoms with E-state index in [9.17, 15) is 4.79 Å². The van der Waals surface area contributed by atoms with Crippen LogP contribution in [0.25, 0.3) is 0 Å². The number of carbonyl (C=O) groups is 1. The fourth-order valence-corrected chi connectivity index (χ4v) is 2.53. The van der Waals surface area contributed by atoms with Gasteiger partial charge in [0.25, 0.3) is 0 Å². The quantitative estimate of drug-likeness (QED) is 0.794. The van der Waals surface area contributed by atoms with Gasteiger partial charge >= 0.3 is 5.97 Å². The number of nitrogens with zero attached hydrogens (tertiary/aromatic N) is 1. The Kier molecular flexibility index (Phi) is 5.41. The van der Waals surface area contributed by atoms with Crippen LogP contribution >= 0.6 is 11.3 Å². The van der Waals surface area contributed by atoms with Crippen LogP contribution in [0.1, 0.15) is 49.0 Å². The van der Waals surface area contributed by atoms with E-state index >= 15 is 0 Å². The summed E-state index contributed by atoms with van der Waals surface area (Å²) in [5.41, 5.74) is 0.736. The van der Waals surface area contributed by atoms with Gasteiger partial charge in [-0.05, 0) is 27.2 Å². The first-order chi connectivity index (χ1) is 8.08. The van der Waals surface area contributed by atoms with Crippen molar-refractivity contribution in [3.63, 3.8) is 0 Å². The molecule has 0 aromatic carbocycles. The van der Waals surface area contributed by atoms with Gasteiger partial charge in [0.05, 0.1) is 12.3 Å². The molecule has 0 unspecified atom stereocenters. The molecule has 1 heterocycles. The molecule has 1 N–H and O–H groups in total. The molecule has 0 aliphatic rings. The predicted octanol–water partition coefficient (Wildman–Crippen LogP) is 3.23. The fraction of sp³-hybridized carbons (Fsp3) is 0.667. The van der Waals surface area contributed by atoms with Gasteiger partial charge in [0, 0.05) is 6.04 Å². The van der Waals surface area contributed by atoms with E-state index in [1.165, 1.54) is 11.3 Å². The van der Waals surface area contributed by atoms with Gasteiger partial charge in [-0.3, -0.25) is 0 Å². The van der Waals surface area contributed by atoms with E-state index in [-0.39, 0.29) is 5.97 Å². The number of carbonyl (C=O) groups excluding carboxylic acids is 1. The van der Waals surface area contributed by atoms with Gasteiger partial charge in [0.1, 0.15) is 4.88 Å². The Morgan fingerprint density at radius 3 is 2.82 bits per heavy atom. The minimum atomic E-state index is -0.279. The number of aryl methyl sites for hydroxylation is 1. The lowest BCUT2D eigenvalue weighted by atomic mass is 10.2. The molecule has 17 heavy (non-hydrogen) atoms. The van der Waals surface area contributed by atoms with E-state index in [0.717, 1.165) is 23.7 Å². The number of nitrogens with one attached hydrogen (secondary N) is 1. The molecule has 0 saturated carbocycles. The van der Waals surface area contributed by atoms with Crippen molar-refractivity contribution < 1.29 is 9.53 Å². The lowest BCUT2D eigenvalue weighted by Crippen LogP contribution is -2.14. The topological polar surface area (TPSA) is 51.2 Å². The maximum atomic E-state index is 11.6. The first-order valence-corrected chi connectivity index (χ1v) is 6.81. The van der Waals surface area contributed by atoms with E-state index in [0.29, 0.717) is 17.5 Å². The summed E-state index contributed by atoms with van der Waals surface area (Å²) in [5, 5.41) is 4.10. The van der Waals surface area contributed by atoms with Crippen molar-refractivity contribution in [1.29, 1.82) is 0 Å². The van der Waals surface area contributed by atoms with E-state index in [2.05, 4.69) is 24.1 Å². The van der Waals surface area contributed by atoms with Crippen LogP contribution in [0, 0.1) is 6.92 Å². The maximum Gasteiger partial charge on any atom is 0.350 e. The van der Waals surface area contributed by atoms with Crippen molar-refractivity contribution in [1.82, 2.24) is 4.98 Å². The normalized spacial score (nSPS) is 12.2. The van der Waals surface area contributed by atoms with E-state index < -0.39 is 0 Å². The monoisotopic (exact) mass is 256 g/mol. The minimum Gasteiger partial charge on any atom is -0.462 e. The van der Waals surface area contributed by atoms with Crippen LogP contribution in [0.15, 0.2) is 0 Å². The smallest absolute Gasteiger partial charge is 0.350 e. The third-order valence-electron chi connectivity index (χ3n) is 2.35. The van der Waals surface area contributed by atoms with E-state index in [4.69, 9.17) is 4.74 Å². The molecule has 0 radical (unpaired) electrons. The first kappa shape index (κ1) is 14.0. The summed E-state index contributed by atoms with van der Waals surface area (Å²) < 4.78 is 4.98. The number of ether oxygens (including phenoxy) is 1. The highest BCUT2D eigenvalue weighted by Gasteiger charge is 2.16. The third-order valence-corrected chi connectivity index (χ3v) is 3.42. The Hall–Kier alpha value is -1.10. The Bertz CT molecular complexity index is 377. The van der Waals surface area contributed by atoms with Crippen LogP contribution < -0.4 is 5.32 Å². The largest absolute Gasteiger partial charge is 0.462 e. The highest BCUT2D eigenvalue weighted by Crippen LogP contribution is 2.24. The summed E-state index contributed by atoms with van der Waals surface area (Å²) in [5.74, 6) is -0.279. The van der Waals surface area contributed by atoms with Crippen LogP contribution in [0.3, 0.4) is 0 Å². The van der Waals surface area contributed by atoms with Crippen molar-refractivity contribution >= 4 is 22.4 Å². The summed E-state index contributed by atoms with van der Waals surface area (Å²) in [4.78, 5) is 16.5. The summed E-state index contributed by atoms with van der Waals surface area (Å²) in [7, 11) is 0. The molecule has 0 amide bonds. The molecule has 1 aromatic heterocycles. The maximum absolute atomic E-state index is 11.6. The Morgan fingerprint density at radius 2 is 2.24 bits per heavy atom. The summed E-state index contributed by atoms with van der Waals surface area (Å²) in [6.07, 6.45) is 2.22. The predicted molar refractivity (Wildman–Crippen MR) is 70.8 cm³/mol. The number of hydrogen-bond donors (Lipinski definition) is 1. The number of aromatic nitrogens is 1. The molecule has 0 aliphatic heterocycles. The van der Waals surface area contributed by atoms with Crippen LogP contribution in [0.2, 0.25) is 0 Å². The first-order valence-electron chi connectivity index (χ1n) is 5.99. The number of anilines is 1. The Balaban J connectivity index is 2.70. The van der Waals surface area contributed by atoms with Crippen molar-refractivity contribution in [3.8, 4) is 0 Å². The zero-order chi connectivity index (χ0) is 12.8. The van der Waals surface area contributed by atoms with Gasteiger partial charge in [-0.2, -0.15) is 0 Å². The Morgan fingerprint density at radius 1 is 1.53 bits per heavy atom. The standard InChI is InChI=1S/C12H20N2O2S/c1-5-7-8(3)13-12-14-9(4)10(17-12)11(15)16-6-2/h8H,5-7H2,1-4H3,(H,13,14)/t8-/m0/s1. The molecule has 0 bridgehead atoms. The molecule has 4 nitrogen and oxygen atoms in total. The van der Waals surface area contributed by atoms with E-state index in [1.807, 2.05) is 6.92 Å². The molecule has 0 saturated heterocycles. The molecule has 96 valence electrons. The number of rotatable bonds is 6. The number of thiazole rings is 1. The molecule has 5 heteroatoms. The average Bonchev–Trinajstić information content (AvgIpc) is 2.60. The highest BCUT2D eigenvalue weighted by molar-refractivity contribution is 7.17. The van der Waals surface area contributed by atoms with Crippen LogP contribution in [0.5, 0.6) is 0 Å². The lowest BCUT2D eigenvalue weighted by Gasteiger charge is -2.10. The van der Waals surface area contributed by atoms with Crippen LogP contribution in [0.4, 0.5) is 5.13 Å². The van der Waals surface area contributed by atoms with Crippen molar-refractivity contribution in [2.75, 3.05) is 11.9 Å². The molecular weight excluding hydrogens is 236 g/mol.